The number of benzene rings is 2. The van der Waals surface area contributed by atoms with E-state index in [4.69, 9.17) is 27.9 Å². The van der Waals surface area contributed by atoms with Gasteiger partial charge in [-0.2, -0.15) is 10.2 Å². The first kappa shape index (κ1) is 22.9. The van der Waals surface area contributed by atoms with Gasteiger partial charge in [0.25, 0.3) is 5.91 Å². The molecule has 0 aliphatic rings. The fraction of sp³-hybridized carbons (Fsp3) is 0.208. The quantitative estimate of drug-likeness (QED) is 0.368. The number of aromatic nitrogens is 4. The van der Waals surface area contributed by atoms with Gasteiger partial charge >= 0.3 is 0 Å². The number of carbonyl (C=O) groups excluding carboxylic acids is 1. The topological polar surface area (TPSA) is 74.0 Å². The van der Waals surface area contributed by atoms with E-state index in [2.05, 4.69) is 46.7 Å². The summed E-state index contributed by atoms with van der Waals surface area (Å²) < 4.78 is 9.05. The van der Waals surface area contributed by atoms with E-state index in [-0.39, 0.29) is 18.3 Å². The lowest BCUT2D eigenvalue weighted by molar-refractivity contribution is 0.102. The lowest BCUT2D eigenvalue weighted by Gasteiger charge is -2.09. The van der Waals surface area contributed by atoms with Crippen molar-refractivity contribution in [3.63, 3.8) is 0 Å². The lowest BCUT2D eigenvalue weighted by atomic mass is 10.1. The molecule has 0 radical (unpaired) electrons. The highest BCUT2D eigenvalue weighted by molar-refractivity contribution is 6.42. The molecule has 2 aromatic heterocycles. The Hall–Kier alpha value is -3.29. The van der Waals surface area contributed by atoms with E-state index in [9.17, 15) is 4.79 Å². The molecule has 0 spiro atoms. The Balaban J connectivity index is 1.42. The summed E-state index contributed by atoms with van der Waals surface area (Å²) in [5, 5.41) is 12.6. The maximum atomic E-state index is 12.8. The van der Waals surface area contributed by atoms with Crippen molar-refractivity contribution in [1.82, 2.24) is 19.6 Å². The molecule has 1 amide bonds. The number of nitrogens with zero attached hydrogens (tertiary/aromatic N) is 4. The molecule has 9 heteroatoms. The Morgan fingerprint density at radius 1 is 1.03 bits per heavy atom. The molecule has 0 aliphatic heterocycles. The van der Waals surface area contributed by atoms with Crippen molar-refractivity contribution in [3.8, 4) is 5.75 Å². The van der Waals surface area contributed by atoms with Crippen molar-refractivity contribution in [2.24, 2.45) is 0 Å². The van der Waals surface area contributed by atoms with Gasteiger partial charge in [-0.25, -0.2) is 4.68 Å². The Labute approximate surface area is 201 Å². The van der Waals surface area contributed by atoms with E-state index in [0.717, 1.165) is 17.0 Å². The summed E-state index contributed by atoms with van der Waals surface area (Å²) in [7, 11) is 0. The molecule has 0 unspecified atom stereocenters. The molecule has 0 bridgehead atoms. The number of carbonyl (C=O) groups is 1. The fourth-order valence-corrected chi connectivity index (χ4v) is 3.71. The molecule has 1 N–H and O–H groups in total. The summed E-state index contributed by atoms with van der Waals surface area (Å²) in [6.07, 6.45) is 1.66. The number of amides is 1. The Kier molecular flexibility index (Phi) is 6.72. The molecule has 4 rings (SSSR count). The van der Waals surface area contributed by atoms with Gasteiger partial charge in [-0.05, 0) is 44.5 Å². The smallest absolute Gasteiger partial charge is 0.276 e. The molecule has 0 saturated heterocycles. The van der Waals surface area contributed by atoms with Gasteiger partial charge < -0.3 is 10.1 Å². The number of halogens is 2. The second-order valence-corrected chi connectivity index (χ2v) is 8.49. The predicted octanol–water partition coefficient (Wildman–Crippen LogP) is 5.65. The van der Waals surface area contributed by atoms with E-state index in [1.807, 2.05) is 18.5 Å². The van der Waals surface area contributed by atoms with Crippen LogP contribution in [0, 0.1) is 20.8 Å². The van der Waals surface area contributed by atoms with Crippen LogP contribution < -0.4 is 10.1 Å². The van der Waals surface area contributed by atoms with Crippen LogP contribution >= 0.6 is 23.2 Å². The summed E-state index contributed by atoms with van der Waals surface area (Å²) in [4.78, 5) is 12.8. The van der Waals surface area contributed by atoms with Gasteiger partial charge in [-0.1, -0.05) is 59.1 Å². The van der Waals surface area contributed by atoms with Crippen molar-refractivity contribution < 1.29 is 9.53 Å². The Morgan fingerprint density at radius 3 is 2.55 bits per heavy atom. The van der Waals surface area contributed by atoms with Crippen LogP contribution in [0.4, 0.5) is 5.69 Å². The molecule has 2 heterocycles. The minimum absolute atomic E-state index is 0.0832. The number of rotatable bonds is 7. The van der Waals surface area contributed by atoms with E-state index >= 15 is 0 Å². The van der Waals surface area contributed by atoms with Gasteiger partial charge in [-0.15, -0.1) is 0 Å². The molecule has 7 nitrogen and oxygen atoms in total. The molecule has 2 aromatic carbocycles. The van der Waals surface area contributed by atoms with Gasteiger partial charge in [-0.3, -0.25) is 9.48 Å². The molecule has 0 fully saturated rings. The van der Waals surface area contributed by atoms with E-state index in [1.165, 1.54) is 10.2 Å². The number of ether oxygens (including phenoxy) is 1. The highest BCUT2D eigenvalue weighted by Gasteiger charge is 2.17. The third-order valence-corrected chi connectivity index (χ3v) is 6.02. The highest BCUT2D eigenvalue weighted by atomic mass is 35.5. The molecule has 0 aliphatic carbocycles. The average molecular weight is 484 g/mol. The van der Waals surface area contributed by atoms with Crippen LogP contribution in [0.15, 0.2) is 54.7 Å². The first-order valence-electron chi connectivity index (χ1n) is 10.3. The monoisotopic (exact) mass is 483 g/mol. The highest BCUT2D eigenvalue weighted by Crippen LogP contribution is 2.31. The molecule has 170 valence electrons. The minimum Gasteiger partial charge on any atom is -0.470 e. The third kappa shape index (κ3) is 5.21. The van der Waals surface area contributed by atoms with Gasteiger partial charge in [0.2, 0.25) is 0 Å². The maximum Gasteiger partial charge on any atom is 0.276 e. The molecular weight excluding hydrogens is 461 g/mol. The summed E-state index contributed by atoms with van der Waals surface area (Å²) >= 11 is 12.1. The number of hydrogen-bond acceptors (Lipinski definition) is 4. The number of aryl methyl sites for hydroxylation is 2. The molecule has 0 saturated carbocycles. The summed E-state index contributed by atoms with van der Waals surface area (Å²) in [6.45, 7) is 6.57. The van der Waals surface area contributed by atoms with E-state index in [1.54, 1.807) is 30.5 Å². The van der Waals surface area contributed by atoms with Crippen molar-refractivity contribution in [3.05, 3.63) is 93.0 Å². The van der Waals surface area contributed by atoms with Crippen molar-refractivity contribution in [2.75, 3.05) is 5.32 Å². The Bertz CT molecular complexity index is 1290. The van der Waals surface area contributed by atoms with Gasteiger partial charge in [0.05, 0.1) is 28.6 Å². The third-order valence-electron chi connectivity index (χ3n) is 5.21. The van der Waals surface area contributed by atoms with Crippen LogP contribution in [0.2, 0.25) is 10.0 Å². The van der Waals surface area contributed by atoms with Crippen LogP contribution in [-0.4, -0.2) is 25.5 Å². The van der Waals surface area contributed by atoms with Crippen LogP contribution in [0.1, 0.15) is 33.0 Å². The van der Waals surface area contributed by atoms with Crippen LogP contribution in [0.3, 0.4) is 0 Å². The first-order valence-corrected chi connectivity index (χ1v) is 11.1. The normalized spacial score (nSPS) is 10.9. The van der Waals surface area contributed by atoms with Crippen molar-refractivity contribution in [1.29, 1.82) is 0 Å². The molecular formula is C24H23Cl2N5O2. The number of hydrogen-bond donors (Lipinski definition) is 1. The standard InChI is InChI=1S/C24H23Cl2N5O2/c1-15-7-9-18(10-8-15)13-31-17(3)23(16(2)28-31)27-24(32)20-11-12-30(29-20)14-33-21-6-4-5-19(25)22(21)26/h4-12H,13-14H2,1-3H3,(H,27,32). The lowest BCUT2D eigenvalue weighted by Crippen LogP contribution is -2.15. The first-order chi connectivity index (χ1) is 15.8. The number of anilines is 1. The van der Waals surface area contributed by atoms with Gasteiger partial charge in [0.15, 0.2) is 12.4 Å². The Morgan fingerprint density at radius 2 is 1.79 bits per heavy atom. The van der Waals surface area contributed by atoms with Gasteiger partial charge in [0.1, 0.15) is 10.8 Å². The zero-order valence-electron chi connectivity index (χ0n) is 18.5. The minimum atomic E-state index is -0.323. The predicted molar refractivity (Wildman–Crippen MR) is 129 cm³/mol. The largest absolute Gasteiger partial charge is 0.470 e. The maximum absolute atomic E-state index is 12.8. The van der Waals surface area contributed by atoms with Crippen LogP contribution in [0.5, 0.6) is 5.75 Å². The van der Waals surface area contributed by atoms with Crippen LogP contribution in [-0.2, 0) is 13.3 Å². The molecule has 0 atom stereocenters. The molecule has 33 heavy (non-hydrogen) atoms. The SMILES string of the molecule is Cc1ccc(Cn2nc(C)c(NC(=O)c3ccn(COc4cccc(Cl)c4Cl)n3)c2C)cc1. The second kappa shape index (κ2) is 9.68. The average Bonchev–Trinajstić information content (AvgIpc) is 3.37. The van der Waals surface area contributed by atoms with E-state index < -0.39 is 0 Å². The molecule has 4 aromatic rings. The summed E-state index contributed by atoms with van der Waals surface area (Å²) in [5.41, 5.74) is 4.92. The fourth-order valence-electron chi connectivity index (χ4n) is 3.36. The second-order valence-electron chi connectivity index (χ2n) is 7.71. The van der Waals surface area contributed by atoms with Crippen molar-refractivity contribution >= 4 is 34.8 Å². The zero-order chi connectivity index (χ0) is 23.5. The van der Waals surface area contributed by atoms with Crippen LogP contribution in [0.25, 0.3) is 0 Å². The zero-order valence-corrected chi connectivity index (χ0v) is 20.0. The number of nitrogens with one attached hydrogen (secondary N) is 1. The van der Waals surface area contributed by atoms with Gasteiger partial charge in [0, 0.05) is 6.20 Å². The van der Waals surface area contributed by atoms with E-state index in [0.29, 0.717) is 28.0 Å². The summed E-state index contributed by atoms with van der Waals surface area (Å²) in [6, 6.07) is 15.1. The summed E-state index contributed by atoms with van der Waals surface area (Å²) in [5.74, 6) is 0.119. The van der Waals surface area contributed by atoms with Crippen molar-refractivity contribution in [2.45, 2.75) is 34.0 Å².